The quantitative estimate of drug-likeness (QED) is 0.811. The lowest BCUT2D eigenvalue weighted by molar-refractivity contribution is 0.720. The zero-order valence-electron chi connectivity index (χ0n) is 10.7. The molecule has 0 fully saturated rings. The fourth-order valence-electron chi connectivity index (χ4n) is 1.56. The van der Waals surface area contributed by atoms with Gasteiger partial charge in [-0.05, 0) is 12.5 Å². The van der Waals surface area contributed by atoms with Gasteiger partial charge in [-0.1, -0.05) is 6.92 Å². The predicted molar refractivity (Wildman–Crippen MR) is 71.3 cm³/mol. The average Bonchev–Trinajstić information content (AvgIpc) is 2.80. The van der Waals surface area contributed by atoms with Crippen LogP contribution in [0.3, 0.4) is 0 Å². The summed E-state index contributed by atoms with van der Waals surface area (Å²) in [6.07, 6.45) is 4.41. The lowest BCUT2D eigenvalue weighted by atomic mass is 10.4. The van der Waals surface area contributed by atoms with Gasteiger partial charge in [-0.15, -0.1) is 0 Å². The Morgan fingerprint density at radius 1 is 1.22 bits per heavy atom. The minimum Gasteiger partial charge on any atom is -0.370 e. The molecule has 6 nitrogen and oxygen atoms in total. The molecule has 2 aromatic heterocycles. The molecule has 0 aliphatic carbocycles. The minimum atomic E-state index is 0.695. The Bertz CT molecular complexity index is 493. The molecule has 0 aliphatic heterocycles. The van der Waals surface area contributed by atoms with E-state index in [4.69, 9.17) is 0 Å². The minimum absolute atomic E-state index is 0.695. The molecule has 0 aromatic carbocycles. The zero-order valence-corrected chi connectivity index (χ0v) is 10.7. The highest BCUT2D eigenvalue weighted by molar-refractivity contribution is 5.46. The van der Waals surface area contributed by atoms with Crippen LogP contribution in [-0.4, -0.2) is 26.3 Å². The third-order valence-electron chi connectivity index (χ3n) is 2.60. The van der Waals surface area contributed by atoms with E-state index < -0.39 is 0 Å². The van der Waals surface area contributed by atoms with Gasteiger partial charge in [-0.2, -0.15) is 5.10 Å². The normalized spacial score (nSPS) is 10.3. The Balaban J connectivity index is 1.95. The van der Waals surface area contributed by atoms with Crippen LogP contribution < -0.4 is 10.6 Å². The van der Waals surface area contributed by atoms with E-state index in [0.29, 0.717) is 6.54 Å². The van der Waals surface area contributed by atoms with Gasteiger partial charge in [0.1, 0.15) is 18.0 Å². The number of rotatable bonds is 6. The van der Waals surface area contributed by atoms with Crippen LogP contribution in [-0.2, 0) is 13.6 Å². The summed E-state index contributed by atoms with van der Waals surface area (Å²) in [5, 5.41) is 10.6. The van der Waals surface area contributed by atoms with Gasteiger partial charge >= 0.3 is 0 Å². The Labute approximate surface area is 106 Å². The van der Waals surface area contributed by atoms with Crippen molar-refractivity contribution in [2.45, 2.75) is 19.9 Å². The molecule has 2 aromatic rings. The Kier molecular flexibility index (Phi) is 4.11. The van der Waals surface area contributed by atoms with Crippen LogP contribution in [0.5, 0.6) is 0 Å². The number of nitrogens with one attached hydrogen (secondary N) is 2. The zero-order chi connectivity index (χ0) is 12.8. The van der Waals surface area contributed by atoms with Crippen molar-refractivity contribution in [3.8, 4) is 0 Å². The van der Waals surface area contributed by atoms with E-state index in [9.17, 15) is 0 Å². The summed E-state index contributed by atoms with van der Waals surface area (Å²) in [4.78, 5) is 8.34. The number of aryl methyl sites for hydroxylation is 1. The lowest BCUT2D eigenvalue weighted by Crippen LogP contribution is -2.08. The summed E-state index contributed by atoms with van der Waals surface area (Å²) in [6.45, 7) is 3.73. The van der Waals surface area contributed by atoms with Crippen molar-refractivity contribution < 1.29 is 0 Å². The largest absolute Gasteiger partial charge is 0.370 e. The maximum Gasteiger partial charge on any atom is 0.131 e. The summed E-state index contributed by atoms with van der Waals surface area (Å²) in [5.41, 5.74) is 1.11. The van der Waals surface area contributed by atoms with Gasteiger partial charge in [0, 0.05) is 25.9 Å². The number of anilines is 2. The fourth-order valence-corrected chi connectivity index (χ4v) is 1.56. The SMILES string of the molecule is CCCNc1cc(NCc2ccnn2C)ncn1. The van der Waals surface area contributed by atoms with Crippen molar-refractivity contribution in [2.24, 2.45) is 7.05 Å². The summed E-state index contributed by atoms with van der Waals surface area (Å²) in [7, 11) is 1.92. The van der Waals surface area contributed by atoms with Crippen LogP contribution in [0.15, 0.2) is 24.7 Å². The van der Waals surface area contributed by atoms with Crippen molar-refractivity contribution in [1.82, 2.24) is 19.7 Å². The van der Waals surface area contributed by atoms with Crippen molar-refractivity contribution in [3.63, 3.8) is 0 Å². The van der Waals surface area contributed by atoms with Crippen LogP contribution in [0.2, 0.25) is 0 Å². The van der Waals surface area contributed by atoms with E-state index in [-0.39, 0.29) is 0 Å². The van der Waals surface area contributed by atoms with E-state index in [1.54, 1.807) is 12.5 Å². The van der Waals surface area contributed by atoms with Gasteiger partial charge in [0.05, 0.1) is 12.2 Å². The molecule has 2 rings (SSSR count). The molecule has 0 bridgehead atoms. The van der Waals surface area contributed by atoms with E-state index in [1.165, 1.54) is 0 Å². The van der Waals surface area contributed by atoms with Gasteiger partial charge in [0.25, 0.3) is 0 Å². The van der Waals surface area contributed by atoms with Crippen molar-refractivity contribution in [1.29, 1.82) is 0 Å². The van der Waals surface area contributed by atoms with Crippen molar-refractivity contribution in [2.75, 3.05) is 17.2 Å². The highest BCUT2D eigenvalue weighted by Gasteiger charge is 2.00. The second kappa shape index (κ2) is 6.00. The molecule has 2 N–H and O–H groups in total. The van der Waals surface area contributed by atoms with E-state index in [1.807, 2.05) is 23.9 Å². The summed E-state index contributed by atoms with van der Waals surface area (Å²) >= 11 is 0. The third kappa shape index (κ3) is 3.19. The molecule has 0 saturated heterocycles. The van der Waals surface area contributed by atoms with Crippen LogP contribution in [0.25, 0.3) is 0 Å². The number of hydrogen-bond acceptors (Lipinski definition) is 5. The smallest absolute Gasteiger partial charge is 0.131 e. The molecule has 96 valence electrons. The van der Waals surface area contributed by atoms with Crippen LogP contribution in [0.4, 0.5) is 11.6 Å². The number of hydrogen-bond donors (Lipinski definition) is 2. The van der Waals surface area contributed by atoms with E-state index in [0.717, 1.165) is 30.3 Å². The predicted octanol–water partition coefficient (Wildman–Crippen LogP) is 1.64. The van der Waals surface area contributed by atoms with Gasteiger partial charge in [-0.3, -0.25) is 4.68 Å². The second-order valence-electron chi connectivity index (χ2n) is 4.01. The van der Waals surface area contributed by atoms with Crippen molar-refractivity contribution in [3.05, 3.63) is 30.4 Å². The molecular formula is C12H18N6. The van der Waals surface area contributed by atoms with Crippen LogP contribution >= 0.6 is 0 Å². The van der Waals surface area contributed by atoms with Gasteiger partial charge in [0.2, 0.25) is 0 Å². The molecule has 0 saturated carbocycles. The van der Waals surface area contributed by atoms with Crippen molar-refractivity contribution >= 4 is 11.6 Å². The molecule has 0 unspecified atom stereocenters. The van der Waals surface area contributed by atoms with E-state index in [2.05, 4.69) is 32.6 Å². The molecule has 0 aliphatic rings. The first kappa shape index (κ1) is 12.3. The van der Waals surface area contributed by atoms with Gasteiger partial charge in [-0.25, -0.2) is 9.97 Å². The molecule has 0 radical (unpaired) electrons. The Morgan fingerprint density at radius 2 is 2.00 bits per heavy atom. The topological polar surface area (TPSA) is 67.7 Å². The first-order valence-corrected chi connectivity index (χ1v) is 6.06. The highest BCUT2D eigenvalue weighted by atomic mass is 15.3. The molecule has 0 atom stereocenters. The average molecular weight is 246 g/mol. The monoisotopic (exact) mass is 246 g/mol. The molecule has 0 amide bonds. The first-order valence-electron chi connectivity index (χ1n) is 6.06. The van der Waals surface area contributed by atoms with Gasteiger partial charge in [0.15, 0.2) is 0 Å². The summed E-state index contributed by atoms with van der Waals surface area (Å²) in [5.74, 6) is 1.66. The summed E-state index contributed by atoms with van der Waals surface area (Å²) < 4.78 is 1.84. The first-order chi connectivity index (χ1) is 8.79. The molecular weight excluding hydrogens is 228 g/mol. The van der Waals surface area contributed by atoms with Crippen LogP contribution in [0.1, 0.15) is 19.0 Å². The molecule has 18 heavy (non-hydrogen) atoms. The fraction of sp³-hybridized carbons (Fsp3) is 0.417. The second-order valence-corrected chi connectivity index (χ2v) is 4.01. The maximum absolute atomic E-state index is 4.18. The third-order valence-corrected chi connectivity index (χ3v) is 2.60. The van der Waals surface area contributed by atoms with Gasteiger partial charge < -0.3 is 10.6 Å². The molecule has 0 spiro atoms. The highest BCUT2D eigenvalue weighted by Crippen LogP contribution is 2.09. The van der Waals surface area contributed by atoms with Crippen LogP contribution in [0, 0.1) is 0 Å². The molecule has 2 heterocycles. The number of aromatic nitrogens is 4. The maximum atomic E-state index is 4.18. The lowest BCUT2D eigenvalue weighted by Gasteiger charge is -2.08. The standard InChI is InChI=1S/C12H18N6/c1-3-5-13-11-7-12(16-9-15-11)14-8-10-4-6-17-18(10)2/h4,6-7,9H,3,5,8H2,1-2H3,(H2,13,14,15,16). The Morgan fingerprint density at radius 3 is 2.67 bits per heavy atom. The van der Waals surface area contributed by atoms with E-state index >= 15 is 0 Å². The summed E-state index contributed by atoms with van der Waals surface area (Å²) in [6, 6.07) is 3.89. The Hall–Kier alpha value is -2.11. The number of nitrogens with zero attached hydrogens (tertiary/aromatic N) is 4. The molecule has 6 heteroatoms.